The Morgan fingerprint density at radius 1 is 0.510 bits per heavy atom. The highest BCUT2D eigenvalue weighted by molar-refractivity contribution is 6.25. The summed E-state index contributed by atoms with van der Waals surface area (Å²) >= 11 is 0. The molecule has 0 aliphatic rings. The van der Waals surface area contributed by atoms with E-state index < -0.39 is 0 Å². The van der Waals surface area contributed by atoms with Gasteiger partial charge in [0.15, 0.2) is 11.0 Å². The van der Waals surface area contributed by atoms with E-state index in [-0.39, 0.29) is 0 Å². The molecule has 0 saturated heterocycles. The number of para-hydroxylation sites is 3. The smallest absolute Gasteiger partial charge is 0.247 e. The Morgan fingerprint density at radius 2 is 1.22 bits per heavy atom. The second-order valence-electron chi connectivity index (χ2n) is 13.3. The molecule has 2 aromatic heterocycles. The molecule has 0 bridgehead atoms. The van der Waals surface area contributed by atoms with Gasteiger partial charge in [0, 0.05) is 28.1 Å². The summed E-state index contributed by atoms with van der Waals surface area (Å²) in [5.41, 5.74) is 11.4. The molecular formula is C48H34N3+. The first-order chi connectivity index (χ1) is 25.2. The molecule has 2 heterocycles. The number of aryl methyl sites for hydroxylation is 1. The molecule has 0 unspecified atom stereocenters. The first-order valence-electron chi connectivity index (χ1n) is 17.7. The van der Waals surface area contributed by atoms with E-state index in [1.54, 1.807) is 0 Å². The van der Waals surface area contributed by atoms with Gasteiger partial charge in [-0.1, -0.05) is 128 Å². The summed E-state index contributed by atoms with van der Waals surface area (Å²) in [4.78, 5) is 8.98. The van der Waals surface area contributed by atoms with E-state index in [1.165, 1.54) is 65.9 Å². The first kappa shape index (κ1) is 29.3. The van der Waals surface area contributed by atoms with E-state index in [0.717, 1.165) is 39.8 Å². The number of nitrogens with one attached hydrogen (secondary N) is 1. The zero-order chi connectivity index (χ0) is 33.9. The molecule has 1 N–H and O–H groups in total. The van der Waals surface area contributed by atoms with Gasteiger partial charge in [-0.15, -0.1) is 0 Å². The molecule has 3 nitrogen and oxygen atoms in total. The van der Waals surface area contributed by atoms with Crippen molar-refractivity contribution in [2.24, 2.45) is 0 Å². The minimum Gasteiger partial charge on any atom is -0.247 e. The van der Waals surface area contributed by atoms with Gasteiger partial charge in [-0.05, 0) is 92.3 Å². The van der Waals surface area contributed by atoms with Gasteiger partial charge in [0.25, 0.3) is 5.82 Å². The Hall–Kier alpha value is -6.58. The van der Waals surface area contributed by atoms with Gasteiger partial charge in [-0.25, -0.2) is 9.97 Å². The van der Waals surface area contributed by atoms with Crippen molar-refractivity contribution >= 4 is 54.3 Å². The van der Waals surface area contributed by atoms with Crippen LogP contribution in [0.1, 0.15) is 12.7 Å². The third kappa shape index (κ3) is 4.81. The number of fused-ring (bicyclic) bond motifs is 7. The number of hydrogen-bond acceptors (Lipinski definition) is 1. The molecule has 3 heteroatoms. The maximum absolute atomic E-state index is 5.35. The topological polar surface area (TPSA) is 32.6 Å². The van der Waals surface area contributed by atoms with Crippen LogP contribution in [-0.2, 0) is 6.42 Å². The van der Waals surface area contributed by atoms with Gasteiger partial charge in [-0.3, -0.25) is 0 Å². The van der Waals surface area contributed by atoms with E-state index in [1.807, 2.05) is 0 Å². The molecule has 10 aromatic rings. The van der Waals surface area contributed by atoms with Gasteiger partial charge in [0.1, 0.15) is 5.69 Å². The van der Waals surface area contributed by atoms with E-state index in [9.17, 15) is 0 Å². The van der Waals surface area contributed by atoms with Gasteiger partial charge in [0.05, 0.1) is 11.2 Å². The summed E-state index contributed by atoms with van der Waals surface area (Å²) in [6.07, 6.45) is 0.911. The zero-order valence-electron chi connectivity index (χ0n) is 28.3. The summed E-state index contributed by atoms with van der Waals surface area (Å²) in [6, 6.07) is 61.5. The molecule has 240 valence electrons. The fourth-order valence-corrected chi connectivity index (χ4v) is 7.97. The number of benzene rings is 8. The molecule has 0 fully saturated rings. The predicted molar refractivity (Wildman–Crippen MR) is 213 cm³/mol. The SMILES string of the molecule is CCc1[nH]c2ccccc2[n+]1-c1cccc(-c2cccc(-c3cc4c(-c5ccc6ccccc6c5)nc5ccccc5c4c4ccccc34)c2)c1. The maximum atomic E-state index is 5.35. The Morgan fingerprint density at radius 3 is 2.10 bits per heavy atom. The molecule has 8 aromatic carbocycles. The lowest BCUT2D eigenvalue weighted by Crippen LogP contribution is -2.33. The van der Waals surface area contributed by atoms with E-state index >= 15 is 0 Å². The van der Waals surface area contributed by atoms with Gasteiger partial charge in [0.2, 0.25) is 0 Å². The largest absolute Gasteiger partial charge is 0.260 e. The number of pyridine rings is 1. The van der Waals surface area contributed by atoms with Gasteiger partial charge >= 0.3 is 0 Å². The highest BCUT2D eigenvalue weighted by Gasteiger charge is 2.20. The lowest BCUT2D eigenvalue weighted by Gasteiger charge is -2.17. The Labute approximate surface area is 296 Å². The van der Waals surface area contributed by atoms with Crippen LogP contribution >= 0.6 is 0 Å². The Bertz CT molecular complexity index is 2970. The fourth-order valence-electron chi connectivity index (χ4n) is 7.97. The minimum atomic E-state index is 0.911. The Kier molecular flexibility index (Phi) is 6.78. The average Bonchev–Trinajstić information content (AvgIpc) is 3.59. The molecule has 0 aliphatic carbocycles. The molecule has 0 aliphatic heterocycles. The summed E-state index contributed by atoms with van der Waals surface area (Å²) in [7, 11) is 0. The number of H-pyrrole nitrogens is 1. The van der Waals surface area contributed by atoms with Crippen molar-refractivity contribution in [1.29, 1.82) is 0 Å². The summed E-state index contributed by atoms with van der Waals surface area (Å²) in [6.45, 7) is 2.20. The first-order valence-corrected chi connectivity index (χ1v) is 17.7. The van der Waals surface area contributed by atoms with Crippen LogP contribution in [-0.4, -0.2) is 9.97 Å². The lowest BCUT2D eigenvalue weighted by molar-refractivity contribution is -0.576. The number of rotatable bonds is 5. The Balaban J connectivity index is 1.19. The van der Waals surface area contributed by atoms with Crippen molar-refractivity contribution in [2.75, 3.05) is 0 Å². The van der Waals surface area contributed by atoms with Crippen LogP contribution in [0.5, 0.6) is 0 Å². The zero-order valence-corrected chi connectivity index (χ0v) is 28.3. The van der Waals surface area contributed by atoms with Gasteiger partial charge in [-0.2, -0.15) is 4.57 Å². The van der Waals surface area contributed by atoms with Crippen LogP contribution in [0.25, 0.3) is 93.5 Å². The van der Waals surface area contributed by atoms with E-state index in [0.29, 0.717) is 0 Å². The van der Waals surface area contributed by atoms with Crippen molar-refractivity contribution < 1.29 is 4.57 Å². The highest BCUT2D eigenvalue weighted by Crippen LogP contribution is 2.42. The van der Waals surface area contributed by atoms with Crippen molar-refractivity contribution in [3.8, 4) is 39.2 Å². The fraction of sp³-hybridized carbons (Fsp3) is 0.0417. The molecule has 51 heavy (non-hydrogen) atoms. The van der Waals surface area contributed by atoms with Crippen LogP contribution in [0, 0.1) is 0 Å². The van der Waals surface area contributed by atoms with Crippen molar-refractivity contribution in [3.05, 3.63) is 176 Å². The lowest BCUT2D eigenvalue weighted by atomic mass is 9.89. The predicted octanol–water partition coefficient (Wildman–Crippen LogP) is 12.0. The summed E-state index contributed by atoms with van der Waals surface area (Å²) in [5.74, 6) is 1.19. The van der Waals surface area contributed by atoms with Crippen LogP contribution in [0.15, 0.2) is 170 Å². The molecule has 10 rings (SSSR count). The normalized spacial score (nSPS) is 11.7. The van der Waals surface area contributed by atoms with Crippen molar-refractivity contribution in [3.63, 3.8) is 0 Å². The van der Waals surface area contributed by atoms with Crippen LogP contribution < -0.4 is 4.57 Å². The van der Waals surface area contributed by atoms with Crippen molar-refractivity contribution in [1.82, 2.24) is 9.97 Å². The average molecular weight is 653 g/mol. The van der Waals surface area contributed by atoms with Crippen LogP contribution in [0.2, 0.25) is 0 Å². The number of hydrogen-bond donors (Lipinski definition) is 1. The second-order valence-corrected chi connectivity index (χ2v) is 13.3. The van der Waals surface area contributed by atoms with E-state index in [2.05, 4.69) is 186 Å². The third-order valence-electron chi connectivity index (χ3n) is 10.4. The number of aromatic amines is 1. The monoisotopic (exact) mass is 652 g/mol. The minimum absolute atomic E-state index is 0.911. The summed E-state index contributed by atoms with van der Waals surface area (Å²) < 4.78 is 2.35. The third-order valence-corrected chi connectivity index (χ3v) is 10.4. The number of aromatic nitrogens is 3. The molecule has 0 saturated carbocycles. The maximum Gasteiger partial charge on any atom is 0.260 e. The second kappa shape index (κ2) is 11.8. The van der Waals surface area contributed by atoms with Gasteiger partial charge < -0.3 is 0 Å². The van der Waals surface area contributed by atoms with E-state index in [4.69, 9.17) is 4.98 Å². The molecule has 0 radical (unpaired) electrons. The van der Waals surface area contributed by atoms with Crippen molar-refractivity contribution in [2.45, 2.75) is 13.3 Å². The quantitative estimate of drug-likeness (QED) is 0.146. The number of imidazole rings is 1. The highest BCUT2D eigenvalue weighted by atomic mass is 15.1. The standard InChI is InChI=1S/C48H33N3/c1-2-46-49-44-23-9-10-24-45(44)51(46)37-18-12-16-34(29-37)33-15-11-17-35(27-33)41-30-42-47(39-20-6-5-19-38(39)41)40-21-7-8-22-43(40)50-48(42)36-26-25-31-13-3-4-14-32(31)28-36/h3-30H,2H2,1H3/p+1. The molecule has 0 spiro atoms. The van der Waals surface area contributed by atoms with Crippen LogP contribution in [0.4, 0.5) is 0 Å². The molecule has 0 amide bonds. The van der Waals surface area contributed by atoms with Crippen LogP contribution in [0.3, 0.4) is 0 Å². The molecule has 0 atom stereocenters. The number of nitrogens with zero attached hydrogens (tertiary/aromatic N) is 2. The molecular weight excluding hydrogens is 619 g/mol. The summed E-state index contributed by atoms with van der Waals surface area (Å²) in [5, 5.41) is 8.49.